The predicted octanol–water partition coefficient (Wildman–Crippen LogP) is 4.61. The van der Waals surface area contributed by atoms with Gasteiger partial charge >= 0.3 is 0 Å². The van der Waals surface area contributed by atoms with E-state index in [4.69, 9.17) is 23.2 Å². The second-order valence-electron chi connectivity index (χ2n) is 3.98. The zero-order valence-corrected chi connectivity index (χ0v) is 12.6. The van der Waals surface area contributed by atoms with E-state index in [1.807, 2.05) is 30.0 Å². The lowest BCUT2D eigenvalue weighted by atomic mass is 10.2. The number of halogens is 2. The van der Waals surface area contributed by atoms with Gasteiger partial charge < -0.3 is 5.32 Å². The molecule has 1 unspecified atom stereocenters. The second-order valence-corrected chi connectivity index (χ2v) is 6.16. The average molecular weight is 292 g/mol. The van der Waals surface area contributed by atoms with Gasteiger partial charge in [-0.25, -0.2) is 0 Å². The Bertz CT molecular complexity index is 344. The summed E-state index contributed by atoms with van der Waals surface area (Å²) >= 11 is 14.1. The van der Waals surface area contributed by atoms with Crippen molar-refractivity contribution in [2.75, 3.05) is 11.5 Å². The van der Waals surface area contributed by atoms with Gasteiger partial charge in [0.25, 0.3) is 0 Å². The largest absolute Gasteiger partial charge is 0.310 e. The third-order valence-corrected chi connectivity index (χ3v) is 4.36. The van der Waals surface area contributed by atoms with Gasteiger partial charge in [-0.15, -0.1) is 0 Å². The number of hydrogen-bond acceptors (Lipinski definition) is 2. The molecule has 0 saturated carbocycles. The highest BCUT2D eigenvalue weighted by Gasteiger charge is 2.06. The van der Waals surface area contributed by atoms with Gasteiger partial charge in [-0.2, -0.15) is 11.8 Å². The molecule has 1 aromatic carbocycles. The Kier molecular flexibility index (Phi) is 7.36. The first-order valence-corrected chi connectivity index (χ1v) is 7.80. The number of benzene rings is 1. The van der Waals surface area contributed by atoms with Crippen molar-refractivity contribution in [3.8, 4) is 0 Å². The maximum Gasteiger partial charge on any atom is 0.0637 e. The highest BCUT2D eigenvalue weighted by molar-refractivity contribution is 7.99. The van der Waals surface area contributed by atoms with E-state index >= 15 is 0 Å². The first-order valence-electron chi connectivity index (χ1n) is 5.89. The fourth-order valence-corrected chi connectivity index (χ4v) is 2.67. The quantitative estimate of drug-likeness (QED) is 0.736. The van der Waals surface area contributed by atoms with Crippen molar-refractivity contribution < 1.29 is 0 Å². The highest BCUT2D eigenvalue weighted by atomic mass is 35.5. The maximum atomic E-state index is 6.13. The molecule has 4 heteroatoms. The molecule has 0 bridgehead atoms. The molecule has 0 aliphatic carbocycles. The van der Waals surface area contributed by atoms with Gasteiger partial charge in [-0.1, -0.05) is 42.3 Å². The molecule has 1 nitrogen and oxygen atoms in total. The fourth-order valence-electron chi connectivity index (χ4n) is 1.48. The molecule has 0 aliphatic heterocycles. The van der Waals surface area contributed by atoms with Gasteiger partial charge in [-0.05, 0) is 36.5 Å². The molecule has 0 saturated heterocycles. The summed E-state index contributed by atoms with van der Waals surface area (Å²) in [6.45, 7) is 5.17. The van der Waals surface area contributed by atoms with Gasteiger partial charge in [0.1, 0.15) is 0 Å². The molecule has 0 amide bonds. The summed E-state index contributed by atoms with van der Waals surface area (Å²) in [6.07, 6.45) is 1.18. The smallest absolute Gasteiger partial charge is 0.0637 e. The van der Waals surface area contributed by atoms with Crippen LogP contribution >= 0.6 is 35.0 Å². The van der Waals surface area contributed by atoms with E-state index in [0.717, 1.165) is 12.1 Å². The molecule has 1 rings (SSSR count). The monoisotopic (exact) mass is 291 g/mol. The highest BCUT2D eigenvalue weighted by Crippen LogP contribution is 2.25. The Morgan fingerprint density at radius 1 is 1.35 bits per heavy atom. The molecule has 0 aromatic heterocycles. The fraction of sp³-hybridized carbons (Fsp3) is 0.538. The molecular formula is C13H19Cl2NS. The first-order chi connectivity index (χ1) is 8.15. The van der Waals surface area contributed by atoms with E-state index < -0.39 is 0 Å². The predicted molar refractivity (Wildman–Crippen MR) is 80.4 cm³/mol. The zero-order valence-electron chi connectivity index (χ0n) is 10.3. The Hall–Kier alpha value is 0.110. The number of rotatable bonds is 7. The minimum absolute atomic E-state index is 0.504. The van der Waals surface area contributed by atoms with E-state index in [1.54, 1.807) is 0 Å². The molecule has 1 aromatic rings. The Morgan fingerprint density at radius 2 is 2.12 bits per heavy atom. The minimum atomic E-state index is 0.504. The van der Waals surface area contributed by atoms with Crippen molar-refractivity contribution in [3.63, 3.8) is 0 Å². The van der Waals surface area contributed by atoms with Gasteiger partial charge in [0.15, 0.2) is 0 Å². The lowest BCUT2D eigenvalue weighted by Gasteiger charge is -2.14. The molecule has 0 fully saturated rings. The van der Waals surface area contributed by atoms with Crippen molar-refractivity contribution in [1.29, 1.82) is 0 Å². The van der Waals surface area contributed by atoms with Crippen molar-refractivity contribution in [1.82, 2.24) is 5.32 Å². The molecule has 1 atom stereocenters. The summed E-state index contributed by atoms with van der Waals surface area (Å²) in [5, 5.41) is 4.76. The molecule has 96 valence electrons. The van der Waals surface area contributed by atoms with E-state index in [2.05, 4.69) is 19.2 Å². The standard InChI is InChI=1S/C13H19Cl2NS/c1-3-17-8-7-10(2)16-9-11-5-4-6-12(14)13(11)15/h4-6,10,16H,3,7-9H2,1-2H3. The van der Waals surface area contributed by atoms with Crippen LogP contribution in [-0.4, -0.2) is 17.5 Å². The molecule has 0 aliphatic rings. The Labute approximate surface area is 118 Å². The van der Waals surface area contributed by atoms with Gasteiger partial charge in [0.2, 0.25) is 0 Å². The van der Waals surface area contributed by atoms with Crippen LogP contribution in [0.5, 0.6) is 0 Å². The summed E-state index contributed by atoms with van der Waals surface area (Å²) < 4.78 is 0. The summed E-state index contributed by atoms with van der Waals surface area (Å²) in [4.78, 5) is 0. The third kappa shape index (κ3) is 5.52. The van der Waals surface area contributed by atoms with Crippen LogP contribution in [0.25, 0.3) is 0 Å². The lowest BCUT2D eigenvalue weighted by molar-refractivity contribution is 0.537. The normalized spacial score (nSPS) is 12.7. The molecule has 17 heavy (non-hydrogen) atoms. The SMILES string of the molecule is CCSCCC(C)NCc1cccc(Cl)c1Cl. The van der Waals surface area contributed by atoms with Crippen molar-refractivity contribution in [2.24, 2.45) is 0 Å². The van der Waals surface area contributed by atoms with E-state index in [1.165, 1.54) is 17.9 Å². The lowest BCUT2D eigenvalue weighted by Crippen LogP contribution is -2.26. The molecular weight excluding hydrogens is 273 g/mol. The maximum absolute atomic E-state index is 6.13. The topological polar surface area (TPSA) is 12.0 Å². The molecule has 0 spiro atoms. The summed E-state index contributed by atoms with van der Waals surface area (Å²) in [7, 11) is 0. The van der Waals surface area contributed by atoms with E-state index in [0.29, 0.717) is 16.1 Å². The van der Waals surface area contributed by atoms with E-state index in [-0.39, 0.29) is 0 Å². The van der Waals surface area contributed by atoms with Crippen LogP contribution in [0.4, 0.5) is 0 Å². The summed E-state index contributed by atoms with van der Waals surface area (Å²) in [6, 6.07) is 6.26. The van der Waals surface area contributed by atoms with Gasteiger partial charge in [0.05, 0.1) is 10.0 Å². The van der Waals surface area contributed by atoms with Crippen LogP contribution < -0.4 is 5.32 Å². The van der Waals surface area contributed by atoms with Gasteiger partial charge in [-0.3, -0.25) is 0 Å². The van der Waals surface area contributed by atoms with Crippen LogP contribution in [0.1, 0.15) is 25.8 Å². The van der Waals surface area contributed by atoms with Crippen LogP contribution in [0.15, 0.2) is 18.2 Å². The minimum Gasteiger partial charge on any atom is -0.310 e. The van der Waals surface area contributed by atoms with Crippen LogP contribution in [0.3, 0.4) is 0 Å². The van der Waals surface area contributed by atoms with Crippen LogP contribution in [0, 0.1) is 0 Å². The molecule has 0 heterocycles. The van der Waals surface area contributed by atoms with Gasteiger partial charge in [0, 0.05) is 12.6 Å². The number of hydrogen-bond donors (Lipinski definition) is 1. The Balaban J connectivity index is 2.37. The second kappa shape index (κ2) is 8.25. The van der Waals surface area contributed by atoms with Crippen LogP contribution in [-0.2, 0) is 6.54 Å². The number of thioether (sulfide) groups is 1. The first kappa shape index (κ1) is 15.2. The van der Waals surface area contributed by atoms with Crippen molar-refractivity contribution in [3.05, 3.63) is 33.8 Å². The summed E-state index contributed by atoms with van der Waals surface area (Å²) in [5.74, 6) is 2.39. The molecule has 1 N–H and O–H groups in total. The third-order valence-electron chi connectivity index (χ3n) is 2.57. The van der Waals surface area contributed by atoms with Crippen molar-refractivity contribution >= 4 is 35.0 Å². The van der Waals surface area contributed by atoms with Crippen LogP contribution in [0.2, 0.25) is 10.0 Å². The Morgan fingerprint density at radius 3 is 2.82 bits per heavy atom. The van der Waals surface area contributed by atoms with Crippen molar-refractivity contribution in [2.45, 2.75) is 32.9 Å². The average Bonchev–Trinajstić information content (AvgIpc) is 2.31. The van der Waals surface area contributed by atoms with E-state index in [9.17, 15) is 0 Å². The summed E-state index contributed by atoms with van der Waals surface area (Å²) in [5.41, 5.74) is 1.06. The molecule has 0 radical (unpaired) electrons. The zero-order chi connectivity index (χ0) is 12.7. The number of nitrogens with one attached hydrogen (secondary N) is 1.